The minimum Gasteiger partial charge on any atom is -0.375 e. The summed E-state index contributed by atoms with van der Waals surface area (Å²) in [6, 6.07) is 10.5. The van der Waals surface area contributed by atoms with Gasteiger partial charge in [0, 0.05) is 45.7 Å². The number of hydrogen-bond donors (Lipinski definition) is 1. The number of morpholine rings is 1. The molecule has 29 heavy (non-hydrogen) atoms. The van der Waals surface area contributed by atoms with Crippen molar-refractivity contribution in [1.82, 2.24) is 20.0 Å². The molecule has 1 aromatic heterocycles. The van der Waals surface area contributed by atoms with E-state index in [1.807, 2.05) is 30.2 Å². The monoisotopic (exact) mass is 511 g/mol. The number of nitrogens with zero attached hydrogens (tertiary/aromatic N) is 4. The van der Waals surface area contributed by atoms with Crippen molar-refractivity contribution < 1.29 is 9.47 Å². The summed E-state index contributed by atoms with van der Waals surface area (Å²) in [4.78, 5) is 6.77. The summed E-state index contributed by atoms with van der Waals surface area (Å²) in [7, 11) is 1.84. The van der Waals surface area contributed by atoms with Gasteiger partial charge in [0.15, 0.2) is 5.96 Å². The highest BCUT2D eigenvalue weighted by Crippen LogP contribution is 2.21. The lowest BCUT2D eigenvalue weighted by Crippen LogP contribution is -2.53. The fourth-order valence-corrected chi connectivity index (χ4v) is 3.92. The van der Waals surface area contributed by atoms with Crippen molar-refractivity contribution in [1.29, 1.82) is 0 Å². The first-order chi connectivity index (χ1) is 13.8. The number of rotatable bonds is 5. The number of ether oxygens (including phenoxy) is 2. The van der Waals surface area contributed by atoms with Crippen LogP contribution in [-0.4, -0.2) is 66.2 Å². The summed E-state index contributed by atoms with van der Waals surface area (Å²) < 4.78 is 13.7. The van der Waals surface area contributed by atoms with Crippen LogP contribution in [0.2, 0.25) is 0 Å². The molecule has 0 radical (unpaired) electrons. The summed E-state index contributed by atoms with van der Waals surface area (Å²) >= 11 is 0. The standard InChI is InChI=1S/C21H29N5O2.HI/c1-22-21(25-10-12-28-20(16-25)19-7-3-11-27-19)23-14-17-5-2-6-18(13-17)15-26-9-4-8-24-26;/h2,4-6,8-9,13,19-20H,3,7,10-12,14-16H2,1H3,(H,22,23);1H. The van der Waals surface area contributed by atoms with Gasteiger partial charge in [-0.25, -0.2) is 0 Å². The van der Waals surface area contributed by atoms with Gasteiger partial charge in [0.1, 0.15) is 6.10 Å². The van der Waals surface area contributed by atoms with Gasteiger partial charge >= 0.3 is 0 Å². The Labute approximate surface area is 189 Å². The Bertz CT molecular complexity index is 777. The molecule has 7 nitrogen and oxygen atoms in total. The average molecular weight is 511 g/mol. The molecule has 0 saturated carbocycles. The molecular weight excluding hydrogens is 481 g/mol. The Kier molecular flexibility index (Phi) is 8.31. The van der Waals surface area contributed by atoms with E-state index >= 15 is 0 Å². The topological polar surface area (TPSA) is 63.9 Å². The number of nitrogens with one attached hydrogen (secondary N) is 1. The zero-order chi connectivity index (χ0) is 19.2. The smallest absolute Gasteiger partial charge is 0.194 e. The molecule has 2 fully saturated rings. The van der Waals surface area contributed by atoms with Gasteiger partial charge in [0.25, 0.3) is 0 Å². The highest BCUT2D eigenvalue weighted by molar-refractivity contribution is 14.0. The van der Waals surface area contributed by atoms with Crippen molar-refractivity contribution in [2.75, 3.05) is 33.4 Å². The first kappa shape index (κ1) is 22.0. The zero-order valence-corrected chi connectivity index (χ0v) is 19.2. The van der Waals surface area contributed by atoms with E-state index < -0.39 is 0 Å². The van der Waals surface area contributed by atoms with Gasteiger partial charge < -0.3 is 19.7 Å². The van der Waals surface area contributed by atoms with Gasteiger partial charge in [-0.05, 0) is 30.0 Å². The molecular formula is C21H30IN5O2. The molecule has 8 heteroatoms. The average Bonchev–Trinajstić information content (AvgIpc) is 3.43. The molecule has 2 unspecified atom stereocenters. The molecule has 2 aliphatic rings. The zero-order valence-electron chi connectivity index (χ0n) is 16.9. The predicted molar refractivity (Wildman–Crippen MR) is 124 cm³/mol. The molecule has 0 spiro atoms. The van der Waals surface area contributed by atoms with Crippen LogP contribution in [0.1, 0.15) is 24.0 Å². The molecule has 0 amide bonds. The van der Waals surface area contributed by atoms with Gasteiger partial charge in [-0.1, -0.05) is 24.3 Å². The van der Waals surface area contributed by atoms with E-state index in [9.17, 15) is 0 Å². The van der Waals surface area contributed by atoms with Crippen LogP contribution >= 0.6 is 24.0 Å². The molecule has 3 heterocycles. The Morgan fingerprint density at radius 2 is 2.07 bits per heavy atom. The van der Waals surface area contributed by atoms with Gasteiger partial charge in [0.2, 0.25) is 0 Å². The minimum absolute atomic E-state index is 0. The van der Waals surface area contributed by atoms with Gasteiger partial charge in [-0.2, -0.15) is 5.10 Å². The molecule has 2 saturated heterocycles. The van der Waals surface area contributed by atoms with E-state index in [0.29, 0.717) is 6.61 Å². The fourth-order valence-electron chi connectivity index (χ4n) is 3.92. The van der Waals surface area contributed by atoms with Gasteiger partial charge in [0.05, 0.1) is 19.3 Å². The highest BCUT2D eigenvalue weighted by atomic mass is 127. The summed E-state index contributed by atoms with van der Waals surface area (Å²) in [6.07, 6.45) is 6.36. The highest BCUT2D eigenvalue weighted by Gasteiger charge is 2.32. The Morgan fingerprint density at radius 1 is 1.21 bits per heavy atom. The number of aliphatic imine (C=N–C) groups is 1. The van der Waals surface area contributed by atoms with Gasteiger partial charge in [-0.3, -0.25) is 9.67 Å². The van der Waals surface area contributed by atoms with E-state index in [2.05, 4.69) is 44.6 Å². The van der Waals surface area contributed by atoms with E-state index in [1.165, 1.54) is 11.1 Å². The Hall–Kier alpha value is -1.65. The lowest BCUT2D eigenvalue weighted by Gasteiger charge is -2.37. The lowest BCUT2D eigenvalue weighted by atomic mass is 10.1. The van der Waals surface area contributed by atoms with E-state index in [1.54, 1.807) is 0 Å². The Balaban J connectivity index is 0.00000240. The normalized spacial score (nSPS) is 22.4. The molecule has 1 N–H and O–H groups in total. The third kappa shape index (κ3) is 5.93. The SMILES string of the molecule is CN=C(NCc1cccc(Cn2cccn2)c1)N1CCOC(C2CCCO2)C1.I. The molecule has 1 aromatic carbocycles. The summed E-state index contributed by atoms with van der Waals surface area (Å²) in [5, 5.41) is 7.79. The molecule has 4 rings (SSSR count). The predicted octanol–water partition coefficient (Wildman–Crippen LogP) is 2.50. The number of hydrogen-bond acceptors (Lipinski definition) is 4. The fraction of sp³-hybridized carbons (Fsp3) is 0.524. The maximum Gasteiger partial charge on any atom is 0.194 e. The van der Waals surface area contributed by atoms with E-state index in [-0.39, 0.29) is 36.2 Å². The molecule has 2 aromatic rings. The molecule has 2 atom stereocenters. The number of guanidine groups is 1. The van der Waals surface area contributed by atoms with Crippen LogP contribution < -0.4 is 5.32 Å². The summed E-state index contributed by atoms with van der Waals surface area (Å²) in [6.45, 7) is 4.76. The second-order valence-electron chi connectivity index (χ2n) is 7.33. The van der Waals surface area contributed by atoms with Crippen molar-refractivity contribution in [2.24, 2.45) is 4.99 Å². The first-order valence-electron chi connectivity index (χ1n) is 10.1. The second-order valence-corrected chi connectivity index (χ2v) is 7.33. The molecule has 158 valence electrons. The van der Waals surface area contributed by atoms with Gasteiger partial charge in [-0.15, -0.1) is 24.0 Å². The van der Waals surface area contributed by atoms with Crippen LogP contribution in [0.3, 0.4) is 0 Å². The van der Waals surface area contributed by atoms with Crippen LogP contribution in [0.25, 0.3) is 0 Å². The first-order valence-corrected chi connectivity index (χ1v) is 10.1. The maximum absolute atomic E-state index is 5.96. The van der Waals surface area contributed by atoms with Crippen LogP contribution in [0.15, 0.2) is 47.7 Å². The maximum atomic E-state index is 5.96. The second kappa shape index (κ2) is 10.9. The number of aromatic nitrogens is 2. The largest absolute Gasteiger partial charge is 0.375 e. The van der Waals surface area contributed by atoms with Crippen molar-refractivity contribution in [3.8, 4) is 0 Å². The van der Waals surface area contributed by atoms with Crippen molar-refractivity contribution in [3.05, 3.63) is 53.9 Å². The van der Waals surface area contributed by atoms with Crippen molar-refractivity contribution in [2.45, 2.75) is 38.1 Å². The van der Waals surface area contributed by atoms with E-state index in [0.717, 1.165) is 51.6 Å². The summed E-state index contributed by atoms with van der Waals surface area (Å²) in [5.74, 6) is 0.920. The Morgan fingerprint density at radius 3 is 2.83 bits per heavy atom. The molecule has 2 aliphatic heterocycles. The lowest BCUT2D eigenvalue weighted by molar-refractivity contribution is -0.0817. The summed E-state index contributed by atoms with van der Waals surface area (Å²) in [5.41, 5.74) is 2.47. The van der Waals surface area contributed by atoms with E-state index in [4.69, 9.17) is 9.47 Å². The van der Waals surface area contributed by atoms with Crippen LogP contribution in [0.5, 0.6) is 0 Å². The van der Waals surface area contributed by atoms with Crippen molar-refractivity contribution >= 4 is 29.9 Å². The van der Waals surface area contributed by atoms with Crippen LogP contribution in [-0.2, 0) is 22.6 Å². The van der Waals surface area contributed by atoms with Crippen LogP contribution in [0.4, 0.5) is 0 Å². The third-order valence-electron chi connectivity index (χ3n) is 5.33. The molecule has 0 bridgehead atoms. The van der Waals surface area contributed by atoms with Crippen molar-refractivity contribution in [3.63, 3.8) is 0 Å². The minimum atomic E-state index is 0. The molecule has 0 aliphatic carbocycles. The number of halogens is 1. The third-order valence-corrected chi connectivity index (χ3v) is 5.33. The van der Waals surface area contributed by atoms with Crippen LogP contribution in [0, 0.1) is 0 Å². The quantitative estimate of drug-likeness (QED) is 0.380. The number of benzene rings is 1.